The first kappa shape index (κ1) is 21.8. The molecule has 0 radical (unpaired) electrons. The fourth-order valence-corrected chi connectivity index (χ4v) is 3.57. The van der Waals surface area contributed by atoms with Crippen LogP contribution in [-0.2, 0) is 18.5 Å². The molecule has 2 aromatic heterocycles. The van der Waals surface area contributed by atoms with Crippen LogP contribution in [0.2, 0.25) is 0 Å². The Morgan fingerprint density at radius 2 is 1.57 bits per heavy atom. The number of para-hydroxylation sites is 2. The molecule has 0 fully saturated rings. The average Bonchev–Trinajstić information content (AvgIpc) is 3.31. The third kappa shape index (κ3) is 4.19. The summed E-state index contributed by atoms with van der Waals surface area (Å²) in [5, 5.41) is 8.73. The van der Waals surface area contributed by atoms with Crippen LogP contribution in [0.4, 0.5) is 0 Å². The summed E-state index contributed by atoms with van der Waals surface area (Å²) in [4.78, 5) is 12.6. The topological polar surface area (TPSA) is 63.9 Å². The average molecular weight is 468 g/mol. The summed E-state index contributed by atoms with van der Waals surface area (Å²) < 4.78 is 8.91. The largest absolute Gasteiger partial charge is 0.461 e. The van der Waals surface area contributed by atoms with Gasteiger partial charge in [-0.15, -0.1) is 17.0 Å². The van der Waals surface area contributed by atoms with Gasteiger partial charge in [0.15, 0.2) is 5.76 Å². The zero-order valence-electron chi connectivity index (χ0n) is 17.4. The summed E-state index contributed by atoms with van der Waals surface area (Å²) in [6.45, 7) is 7.24. The molecule has 0 spiro atoms. The lowest BCUT2D eigenvalue weighted by molar-refractivity contribution is 0.0944. The lowest BCUT2D eigenvalue weighted by Crippen LogP contribution is -2.27. The van der Waals surface area contributed by atoms with Gasteiger partial charge in [0.2, 0.25) is 11.4 Å². The van der Waals surface area contributed by atoms with Gasteiger partial charge in [-0.25, -0.2) is 0 Å². The highest BCUT2D eigenvalue weighted by Gasteiger charge is 2.17. The number of rotatable bonds is 5. The lowest BCUT2D eigenvalue weighted by atomic mass is 9.87. The van der Waals surface area contributed by atoms with Crippen molar-refractivity contribution in [2.24, 2.45) is 0 Å². The summed E-state index contributed by atoms with van der Waals surface area (Å²) in [5.74, 6) is 0.164. The Labute approximate surface area is 186 Å². The molecule has 0 aliphatic carbocycles. The van der Waals surface area contributed by atoms with Crippen molar-refractivity contribution in [3.63, 3.8) is 0 Å². The SMILES string of the molecule is Br.CC(C)(C)c1ccc(Cn2c(=N)n(CC(=O)c3ccco3)c3ccccc32)cc1. The minimum absolute atomic E-state index is 0. The van der Waals surface area contributed by atoms with Gasteiger partial charge in [-0.1, -0.05) is 57.2 Å². The lowest BCUT2D eigenvalue weighted by Gasteiger charge is -2.19. The Morgan fingerprint density at radius 3 is 2.13 bits per heavy atom. The molecule has 5 nitrogen and oxygen atoms in total. The molecule has 0 amide bonds. The Hall–Kier alpha value is -2.86. The molecule has 0 aliphatic rings. The summed E-state index contributed by atoms with van der Waals surface area (Å²) in [6, 6.07) is 19.7. The van der Waals surface area contributed by atoms with Gasteiger partial charge in [-0.2, -0.15) is 0 Å². The van der Waals surface area contributed by atoms with E-state index in [-0.39, 0.29) is 34.7 Å². The molecule has 0 saturated carbocycles. The number of imidazole rings is 1. The number of Topliss-reactive ketones (excluding diaryl/α,β-unsaturated/α-hetero) is 1. The number of carbonyl (C=O) groups is 1. The number of hydrogen-bond acceptors (Lipinski definition) is 3. The van der Waals surface area contributed by atoms with Crippen molar-refractivity contribution < 1.29 is 9.21 Å². The summed E-state index contributed by atoms with van der Waals surface area (Å²) in [7, 11) is 0. The molecule has 30 heavy (non-hydrogen) atoms. The molecule has 0 atom stereocenters. The second-order valence-corrected chi connectivity index (χ2v) is 8.33. The minimum atomic E-state index is -0.147. The highest BCUT2D eigenvalue weighted by molar-refractivity contribution is 8.93. The van der Waals surface area contributed by atoms with Crippen LogP contribution in [0, 0.1) is 5.41 Å². The summed E-state index contributed by atoms with van der Waals surface area (Å²) >= 11 is 0. The highest BCUT2D eigenvalue weighted by atomic mass is 79.9. The number of benzene rings is 2. The minimum Gasteiger partial charge on any atom is -0.461 e. The summed E-state index contributed by atoms with van der Waals surface area (Å²) in [5.41, 5.74) is 4.61. The first-order chi connectivity index (χ1) is 13.8. The maximum absolute atomic E-state index is 12.6. The second-order valence-electron chi connectivity index (χ2n) is 8.33. The van der Waals surface area contributed by atoms with Gasteiger partial charge in [0.05, 0.1) is 30.4 Å². The Kier molecular flexibility index (Phi) is 6.17. The molecule has 0 saturated heterocycles. The van der Waals surface area contributed by atoms with Crippen LogP contribution >= 0.6 is 17.0 Å². The monoisotopic (exact) mass is 467 g/mol. The van der Waals surface area contributed by atoms with Gasteiger partial charge in [0.1, 0.15) is 0 Å². The van der Waals surface area contributed by atoms with E-state index in [1.165, 1.54) is 11.8 Å². The van der Waals surface area contributed by atoms with E-state index in [1.54, 1.807) is 16.7 Å². The predicted molar refractivity (Wildman–Crippen MR) is 123 cm³/mol. The van der Waals surface area contributed by atoms with Crippen molar-refractivity contribution in [1.29, 1.82) is 5.41 Å². The van der Waals surface area contributed by atoms with Gasteiger partial charge >= 0.3 is 0 Å². The van der Waals surface area contributed by atoms with Crippen LogP contribution in [0.5, 0.6) is 0 Å². The fourth-order valence-electron chi connectivity index (χ4n) is 3.57. The number of fused-ring (bicyclic) bond motifs is 1. The van der Waals surface area contributed by atoms with Gasteiger partial charge in [-0.3, -0.25) is 10.2 Å². The van der Waals surface area contributed by atoms with Crippen molar-refractivity contribution in [3.8, 4) is 0 Å². The second kappa shape index (κ2) is 8.48. The highest BCUT2D eigenvalue weighted by Crippen LogP contribution is 2.23. The molecule has 4 aromatic rings. The van der Waals surface area contributed by atoms with Gasteiger partial charge in [-0.05, 0) is 40.8 Å². The molecular formula is C24H26BrN3O2. The fraction of sp³-hybridized carbons (Fsp3) is 0.250. The van der Waals surface area contributed by atoms with Gasteiger partial charge in [0.25, 0.3) is 0 Å². The number of furan rings is 1. The van der Waals surface area contributed by atoms with Crippen LogP contribution in [0.15, 0.2) is 71.3 Å². The van der Waals surface area contributed by atoms with E-state index in [9.17, 15) is 4.79 Å². The normalized spacial score (nSPS) is 11.4. The molecule has 156 valence electrons. The zero-order valence-corrected chi connectivity index (χ0v) is 19.1. The first-order valence-corrected chi connectivity index (χ1v) is 9.73. The summed E-state index contributed by atoms with van der Waals surface area (Å²) in [6.07, 6.45) is 1.49. The molecule has 0 bridgehead atoms. The Morgan fingerprint density at radius 1 is 0.933 bits per heavy atom. The molecule has 2 heterocycles. The molecule has 0 unspecified atom stereocenters. The van der Waals surface area contributed by atoms with Crippen LogP contribution in [0.3, 0.4) is 0 Å². The van der Waals surface area contributed by atoms with Crippen LogP contribution < -0.4 is 5.62 Å². The van der Waals surface area contributed by atoms with Crippen molar-refractivity contribution in [3.05, 3.63) is 89.4 Å². The van der Waals surface area contributed by atoms with E-state index in [4.69, 9.17) is 9.83 Å². The molecule has 1 N–H and O–H groups in total. The van der Waals surface area contributed by atoms with E-state index in [0.29, 0.717) is 17.9 Å². The van der Waals surface area contributed by atoms with Crippen molar-refractivity contribution in [2.45, 2.75) is 39.3 Å². The van der Waals surface area contributed by atoms with Crippen LogP contribution in [0.1, 0.15) is 42.5 Å². The van der Waals surface area contributed by atoms with Crippen molar-refractivity contribution in [1.82, 2.24) is 9.13 Å². The number of carbonyl (C=O) groups excluding carboxylic acids is 1. The Balaban J connectivity index is 0.00000256. The standard InChI is InChI=1S/C24H25N3O2.BrH/c1-24(2,3)18-12-10-17(11-13-18)15-26-19-7-4-5-8-20(19)27(23(26)25)16-21(28)22-9-6-14-29-22;/h4-14,25H,15-16H2,1-3H3;1H. The number of nitrogens with one attached hydrogen (secondary N) is 1. The molecular weight excluding hydrogens is 442 g/mol. The van der Waals surface area contributed by atoms with Crippen molar-refractivity contribution >= 4 is 33.8 Å². The smallest absolute Gasteiger partial charge is 0.217 e. The first-order valence-electron chi connectivity index (χ1n) is 9.73. The van der Waals surface area contributed by atoms with Crippen molar-refractivity contribution in [2.75, 3.05) is 0 Å². The van der Waals surface area contributed by atoms with E-state index < -0.39 is 0 Å². The third-order valence-corrected chi connectivity index (χ3v) is 5.23. The number of nitrogens with zero attached hydrogens (tertiary/aromatic N) is 2. The van der Waals surface area contributed by atoms with Gasteiger partial charge < -0.3 is 13.6 Å². The molecule has 2 aromatic carbocycles. The van der Waals surface area contributed by atoms with E-state index in [1.807, 2.05) is 28.8 Å². The number of aromatic nitrogens is 2. The number of hydrogen-bond donors (Lipinski definition) is 1. The number of ketones is 1. The van der Waals surface area contributed by atoms with Gasteiger partial charge in [0, 0.05) is 0 Å². The van der Waals surface area contributed by atoms with Crippen LogP contribution in [-0.4, -0.2) is 14.9 Å². The van der Waals surface area contributed by atoms with Crippen LogP contribution in [0.25, 0.3) is 11.0 Å². The number of halogens is 1. The maximum Gasteiger partial charge on any atom is 0.217 e. The van der Waals surface area contributed by atoms with E-state index in [2.05, 4.69) is 45.0 Å². The third-order valence-electron chi connectivity index (χ3n) is 5.23. The molecule has 0 aliphatic heterocycles. The molecule has 4 rings (SSSR count). The van der Waals surface area contributed by atoms with E-state index >= 15 is 0 Å². The van der Waals surface area contributed by atoms with E-state index in [0.717, 1.165) is 16.6 Å². The Bertz CT molecular complexity index is 1210. The quantitative estimate of drug-likeness (QED) is 0.403. The predicted octanol–water partition coefficient (Wildman–Crippen LogP) is 5.32. The maximum atomic E-state index is 12.6. The zero-order chi connectivity index (χ0) is 20.6. The molecule has 6 heteroatoms.